The third-order valence-electron chi connectivity index (χ3n) is 4.95. The molecule has 0 bridgehead atoms. The van der Waals surface area contributed by atoms with Crippen LogP contribution in [0.1, 0.15) is 29.5 Å². The highest BCUT2D eigenvalue weighted by Gasteiger charge is 2.30. The van der Waals surface area contributed by atoms with Crippen LogP contribution in [0.15, 0.2) is 59.8 Å². The van der Waals surface area contributed by atoms with Crippen LogP contribution in [0, 0.1) is 0 Å². The van der Waals surface area contributed by atoms with Crippen molar-refractivity contribution in [1.82, 2.24) is 4.90 Å². The largest absolute Gasteiger partial charge is 0.416 e. The number of carbonyl (C=O) groups excluding carboxylic acids is 1. The van der Waals surface area contributed by atoms with Crippen LogP contribution < -0.4 is 5.73 Å². The molecule has 1 aliphatic rings. The first-order valence-electron chi connectivity index (χ1n) is 9.75. The lowest BCUT2D eigenvalue weighted by Crippen LogP contribution is -2.48. The second-order valence-corrected chi connectivity index (χ2v) is 7.25. The van der Waals surface area contributed by atoms with E-state index in [1.807, 2.05) is 30.3 Å². The molecule has 0 spiro atoms. The van der Waals surface area contributed by atoms with Gasteiger partial charge in [-0.1, -0.05) is 47.6 Å². The van der Waals surface area contributed by atoms with E-state index < -0.39 is 17.8 Å². The Labute approximate surface area is 173 Å². The van der Waals surface area contributed by atoms with E-state index in [9.17, 15) is 18.0 Å². The van der Waals surface area contributed by atoms with Crippen LogP contribution in [0.25, 0.3) is 0 Å². The molecular formula is C22H24F3N3O2. The topological polar surface area (TPSA) is 67.9 Å². The Kier molecular flexibility index (Phi) is 7.10. The van der Waals surface area contributed by atoms with Gasteiger partial charge in [0.15, 0.2) is 0 Å². The molecule has 2 aromatic rings. The van der Waals surface area contributed by atoms with Gasteiger partial charge in [0, 0.05) is 25.9 Å². The van der Waals surface area contributed by atoms with Gasteiger partial charge in [0.05, 0.1) is 17.3 Å². The van der Waals surface area contributed by atoms with Crippen LogP contribution in [-0.2, 0) is 28.8 Å². The lowest BCUT2D eigenvalue weighted by Gasteiger charge is -2.29. The summed E-state index contributed by atoms with van der Waals surface area (Å²) in [6.45, 7) is 0.943. The highest BCUT2D eigenvalue weighted by Crippen LogP contribution is 2.29. The van der Waals surface area contributed by atoms with Crippen molar-refractivity contribution in [3.63, 3.8) is 0 Å². The van der Waals surface area contributed by atoms with Crippen molar-refractivity contribution in [3.05, 3.63) is 71.3 Å². The summed E-state index contributed by atoms with van der Waals surface area (Å²) in [6, 6.07) is 14.0. The zero-order valence-corrected chi connectivity index (χ0v) is 16.4. The molecule has 1 amide bonds. The second-order valence-electron chi connectivity index (χ2n) is 7.25. The quantitative estimate of drug-likeness (QED) is 0.725. The van der Waals surface area contributed by atoms with Gasteiger partial charge in [-0.25, -0.2) is 0 Å². The number of carbonyl (C=O) groups is 1. The van der Waals surface area contributed by atoms with E-state index in [-0.39, 0.29) is 12.5 Å². The number of nitrogens with two attached hydrogens (primary N) is 1. The molecule has 0 radical (unpaired) electrons. The average molecular weight is 419 g/mol. The van der Waals surface area contributed by atoms with E-state index in [1.54, 1.807) is 11.0 Å². The number of halogens is 3. The molecule has 0 aromatic heterocycles. The summed E-state index contributed by atoms with van der Waals surface area (Å²) >= 11 is 0. The molecule has 5 nitrogen and oxygen atoms in total. The minimum Gasteiger partial charge on any atom is -0.391 e. The van der Waals surface area contributed by atoms with E-state index >= 15 is 0 Å². The fraction of sp³-hybridized carbons (Fsp3) is 0.364. The molecule has 1 atom stereocenters. The molecule has 1 unspecified atom stereocenters. The third-order valence-corrected chi connectivity index (χ3v) is 4.95. The highest BCUT2D eigenvalue weighted by molar-refractivity contribution is 5.88. The molecule has 0 aliphatic carbocycles. The Balaban J connectivity index is 1.46. The average Bonchev–Trinajstić information content (AvgIpc) is 2.74. The van der Waals surface area contributed by atoms with Gasteiger partial charge < -0.3 is 15.5 Å². The van der Waals surface area contributed by atoms with Gasteiger partial charge in [-0.05, 0) is 29.7 Å². The van der Waals surface area contributed by atoms with Crippen molar-refractivity contribution >= 4 is 11.6 Å². The Morgan fingerprint density at radius 3 is 2.40 bits per heavy atom. The predicted molar refractivity (Wildman–Crippen MR) is 108 cm³/mol. The maximum absolute atomic E-state index is 12.8. The minimum atomic E-state index is -4.39. The molecule has 2 N–H and O–H groups in total. The number of alkyl halides is 3. The smallest absolute Gasteiger partial charge is 0.391 e. The summed E-state index contributed by atoms with van der Waals surface area (Å²) in [5, 5.41) is 4.04. The van der Waals surface area contributed by atoms with Gasteiger partial charge in [0.1, 0.15) is 6.61 Å². The number of piperidine rings is 1. The number of nitrogens with zero attached hydrogens (tertiary/aromatic N) is 2. The normalized spacial score (nSPS) is 15.6. The van der Waals surface area contributed by atoms with E-state index in [1.165, 1.54) is 6.07 Å². The van der Waals surface area contributed by atoms with E-state index in [4.69, 9.17) is 10.6 Å². The van der Waals surface area contributed by atoms with Gasteiger partial charge in [-0.15, -0.1) is 0 Å². The Hall–Kier alpha value is -2.87. The first kappa shape index (κ1) is 21.8. The molecule has 1 fully saturated rings. The molecule has 2 aromatic carbocycles. The van der Waals surface area contributed by atoms with Crippen molar-refractivity contribution < 1.29 is 22.8 Å². The van der Waals surface area contributed by atoms with Gasteiger partial charge in [-0.3, -0.25) is 4.79 Å². The standard InChI is InChI=1S/C22H24F3N3O2/c23-22(24,25)18-8-4-7-17(13-18)15-30-27-19-9-11-28(12-10-19)21(29)20(26)14-16-5-2-1-3-6-16/h1-8,13,20H,9-12,14-15,26H2. The summed E-state index contributed by atoms with van der Waals surface area (Å²) in [4.78, 5) is 19.5. The molecule has 160 valence electrons. The van der Waals surface area contributed by atoms with Crippen LogP contribution in [0.3, 0.4) is 0 Å². The first-order chi connectivity index (χ1) is 14.3. The SMILES string of the molecule is NC(Cc1ccccc1)C(=O)N1CCC(=NOCc2cccc(C(F)(F)F)c2)CC1. The fourth-order valence-electron chi connectivity index (χ4n) is 3.30. The molecule has 1 heterocycles. The molecule has 3 rings (SSSR count). The molecule has 30 heavy (non-hydrogen) atoms. The lowest BCUT2D eigenvalue weighted by atomic mass is 10.0. The first-order valence-corrected chi connectivity index (χ1v) is 9.75. The van der Waals surface area contributed by atoms with Gasteiger partial charge >= 0.3 is 6.18 Å². The Bertz CT molecular complexity index is 875. The number of oxime groups is 1. The predicted octanol–water partition coefficient (Wildman–Crippen LogP) is 3.77. The molecule has 0 saturated carbocycles. The van der Waals surface area contributed by atoms with Crippen LogP contribution in [0.2, 0.25) is 0 Å². The zero-order valence-electron chi connectivity index (χ0n) is 16.4. The number of amides is 1. The summed E-state index contributed by atoms with van der Waals surface area (Å²) in [5.41, 5.74) is 7.55. The van der Waals surface area contributed by atoms with E-state index in [0.717, 1.165) is 23.4 Å². The summed E-state index contributed by atoms with van der Waals surface area (Å²) in [5.74, 6) is -0.0946. The fourth-order valence-corrected chi connectivity index (χ4v) is 3.30. The highest BCUT2D eigenvalue weighted by atomic mass is 19.4. The van der Waals surface area contributed by atoms with Crippen molar-refractivity contribution in [1.29, 1.82) is 0 Å². The second kappa shape index (κ2) is 9.75. The van der Waals surface area contributed by atoms with Gasteiger partial charge in [0.25, 0.3) is 0 Å². The summed E-state index contributed by atoms with van der Waals surface area (Å²) in [7, 11) is 0. The monoisotopic (exact) mass is 419 g/mol. The molecule has 8 heteroatoms. The third kappa shape index (κ3) is 6.06. The number of hydrogen-bond acceptors (Lipinski definition) is 4. The van der Waals surface area contributed by atoms with Crippen LogP contribution >= 0.6 is 0 Å². The lowest BCUT2D eigenvalue weighted by molar-refractivity contribution is -0.137. The molecular weight excluding hydrogens is 395 g/mol. The number of rotatable bonds is 6. The van der Waals surface area contributed by atoms with Crippen molar-refractivity contribution in [2.75, 3.05) is 13.1 Å². The molecule has 1 aliphatic heterocycles. The maximum Gasteiger partial charge on any atom is 0.416 e. The van der Waals surface area contributed by atoms with Crippen LogP contribution in [-0.4, -0.2) is 35.7 Å². The number of hydrogen-bond donors (Lipinski definition) is 1. The van der Waals surface area contributed by atoms with Crippen LogP contribution in [0.4, 0.5) is 13.2 Å². The maximum atomic E-state index is 12.8. The zero-order chi connectivity index (χ0) is 21.6. The number of likely N-dealkylation sites (tertiary alicyclic amines) is 1. The van der Waals surface area contributed by atoms with E-state index in [0.29, 0.717) is 37.9 Å². The van der Waals surface area contributed by atoms with Crippen molar-refractivity contribution in [2.24, 2.45) is 10.9 Å². The van der Waals surface area contributed by atoms with Gasteiger partial charge in [-0.2, -0.15) is 13.2 Å². The van der Waals surface area contributed by atoms with Gasteiger partial charge in [0.2, 0.25) is 5.91 Å². The summed E-state index contributed by atoms with van der Waals surface area (Å²) < 4.78 is 38.3. The van der Waals surface area contributed by atoms with Crippen LogP contribution in [0.5, 0.6) is 0 Å². The van der Waals surface area contributed by atoms with Crippen molar-refractivity contribution in [3.8, 4) is 0 Å². The Morgan fingerprint density at radius 1 is 1.07 bits per heavy atom. The van der Waals surface area contributed by atoms with E-state index in [2.05, 4.69) is 5.16 Å². The molecule has 1 saturated heterocycles. The minimum absolute atomic E-state index is 0.0436. The summed E-state index contributed by atoms with van der Waals surface area (Å²) in [6.07, 6.45) is -2.81. The number of benzene rings is 2. The van der Waals surface area contributed by atoms with Crippen molar-refractivity contribution in [2.45, 2.75) is 38.1 Å². The Morgan fingerprint density at radius 2 is 1.73 bits per heavy atom.